The average Bonchev–Trinajstić information content (AvgIpc) is 2.71. The number of sulfonamides is 1. The molecule has 0 aliphatic heterocycles. The molecule has 0 saturated carbocycles. The first kappa shape index (κ1) is 21.5. The Morgan fingerprint density at radius 3 is 2.18 bits per heavy atom. The first-order valence-corrected chi connectivity index (χ1v) is 10.1. The molecule has 2 aromatic carbocycles. The number of benzene rings is 2. The second-order valence-corrected chi connectivity index (χ2v) is 7.78. The van der Waals surface area contributed by atoms with E-state index in [9.17, 15) is 13.2 Å². The molecule has 0 bridgehead atoms. The molecule has 2 N–H and O–H groups in total. The molecule has 28 heavy (non-hydrogen) atoms. The number of ether oxygens (including phenoxy) is 3. The van der Waals surface area contributed by atoms with Crippen molar-refractivity contribution in [2.45, 2.75) is 6.54 Å². The third-order valence-corrected chi connectivity index (χ3v) is 5.23. The Bertz CT molecular complexity index is 892. The quantitative estimate of drug-likeness (QED) is 0.619. The number of carbonyl (C=O) groups is 1. The Kier molecular flexibility index (Phi) is 7.65. The fraction of sp³-hybridized carbons (Fsp3) is 0.316. The van der Waals surface area contributed by atoms with Gasteiger partial charge in [0.15, 0.2) is 0 Å². The maximum Gasteiger partial charge on any atom is 0.251 e. The van der Waals surface area contributed by atoms with Crippen LogP contribution in [0.25, 0.3) is 0 Å². The number of hydrogen-bond acceptors (Lipinski definition) is 6. The molecule has 0 radical (unpaired) electrons. The van der Waals surface area contributed by atoms with E-state index in [2.05, 4.69) is 10.0 Å². The van der Waals surface area contributed by atoms with Gasteiger partial charge >= 0.3 is 0 Å². The van der Waals surface area contributed by atoms with E-state index in [4.69, 9.17) is 14.2 Å². The largest absolute Gasteiger partial charge is 0.497 e. The first-order chi connectivity index (χ1) is 13.4. The van der Waals surface area contributed by atoms with E-state index < -0.39 is 15.9 Å². The molecule has 0 aliphatic rings. The summed E-state index contributed by atoms with van der Waals surface area (Å²) in [6.45, 7) is 0.104. The molecule has 2 aromatic rings. The molecule has 152 valence electrons. The maximum absolute atomic E-state index is 12.3. The van der Waals surface area contributed by atoms with Gasteiger partial charge in [0.2, 0.25) is 10.0 Å². The first-order valence-electron chi connectivity index (χ1n) is 8.48. The lowest BCUT2D eigenvalue weighted by Crippen LogP contribution is -2.34. The molecule has 0 atom stereocenters. The van der Waals surface area contributed by atoms with E-state index >= 15 is 0 Å². The van der Waals surface area contributed by atoms with Gasteiger partial charge in [-0.2, -0.15) is 0 Å². The van der Waals surface area contributed by atoms with Crippen LogP contribution in [-0.4, -0.2) is 48.0 Å². The van der Waals surface area contributed by atoms with Gasteiger partial charge in [0, 0.05) is 24.7 Å². The number of rotatable bonds is 10. The van der Waals surface area contributed by atoms with E-state index in [1.807, 2.05) is 0 Å². The van der Waals surface area contributed by atoms with Crippen LogP contribution in [0.5, 0.6) is 17.2 Å². The predicted octanol–water partition coefficient (Wildman–Crippen LogP) is 1.56. The summed E-state index contributed by atoms with van der Waals surface area (Å²) in [5.74, 6) is 0.927. The van der Waals surface area contributed by atoms with Gasteiger partial charge in [-0.1, -0.05) is 12.1 Å². The van der Waals surface area contributed by atoms with Crippen LogP contribution in [0.2, 0.25) is 0 Å². The monoisotopic (exact) mass is 408 g/mol. The molecule has 0 heterocycles. The summed E-state index contributed by atoms with van der Waals surface area (Å²) in [7, 11) is 0.954. The Balaban J connectivity index is 1.88. The second kappa shape index (κ2) is 9.95. The third kappa shape index (κ3) is 6.43. The summed E-state index contributed by atoms with van der Waals surface area (Å²) in [5, 5.41) is 2.58. The lowest BCUT2D eigenvalue weighted by atomic mass is 10.2. The molecule has 1 amide bonds. The van der Waals surface area contributed by atoms with Crippen molar-refractivity contribution in [3.8, 4) is 17.2 Å². The Hall–Kier alpha value is -2.78. The van der Waals surface area contributed by atoms with Gasteiger partial charge in [-0.15, -0.1) is 0 Å². The summed E-state index contributed by atoms with van der Waals surface area (Å²) in [5.41, 5.74) is 1.09. The molecule has 2 rings (SSSR count). The minimum Gasteiger partial charge on any atom is -0.497 e. The smallest absolute Gasteiger partial charge is 0.251 e. The number of nitrogens with one attached hydrogen (secondary N) is 2. The maximum atomic E-state index is 12.3. The number of hydrogen-bond donors (Lipinski definition) is 2. The van der Waals surface area contributed by atoms with Crippen molar-refractivity contribution in [2.75, 3.05) is 33.6 Å². The van der Waals surface area contributed by atoms with Gasteiger partial charge in [-0.25, -0.2) is 13.1 Å². The van der Waals surface area contributed by atoms with E-state index in [1.165, 1.54) is 14.2 Å². The van der Waals surface area contributed by atoms with Gasteiger partial charge in [0.05, 0.1) is 27.1 Å². The Morgan fingerprint density at radius 2 is 1.57 bits per heavy atom. The summed E-state index contributed by atoms with van der Waals surface area (Å²) < 4.78 is 42.1. The van der Waals surface area contributed by atoms with Crippen LogP contribution in [0, 0.1) is 0 Å². The van der Waals surface area contributed by atoms with E-state index in [-0.39, 0.29) is 18.8 Å². The molecular weight excluding hydrogens is 384 g/mol. The number of carbonyl (C=O) groups excluding carboxylic acids is 1. The van der Waals surface area contributed by atoms with Gasteiger partial charge in [-0.05, 0) is 29.8 Å². The van der Waals surface area contributed by atoms with Crippen LogP contribution in [0.15, 0.2) is 42.5 Å². The minimum atomic E-state index is -3.56. The summed E-state index contributed by atoms with van der Waals surface area (Å²) in [6.07, 6.45) is 0. The zero-order chi connectivity index (χ0) is 20.6. The highest BCUT2D eigenvalue weighted by atomic mass is 32.2. The third-order valence-electron chi connectivity index (χ3n) is 3.90. The minimum absolute atomic E-state index is 0.0359. The van der Waals surface area contributed by atoms with Crippen molar-refractivity contribution in [3.63, 3.8) is 0 Å². The van der Waals surface area contributed by atoms with Crippen molar-refractivity contribution < 1.29 is 27.4 Å². The highest BCUT2D eigenvalue weighted by molar-refractivity contribution is 7.89. The molecule has 8 nitrogen and oxygen atoms in total. The van der Waals surface area contributed by atoms with Gasteiger partial charge in [-0.3, -0.25) is 4.79 Å². The fourth-order valence-corrected chi connectivity index (χ4v) is 3.29. The Morgan fingerprint density at radius 1 is 0.929 bits per heavy atom. The van der Waals surface area contributed by atoms with Crippen LogP contribution < -0.4 is 24.2 Å². The van der Waals surface area contributed by atoms with E-state index in [0.29, 0.717) is 22.8 Å². The van der Waals surface area contributed by atoms with Crippen molar-refractivity contribution >= 4 is 15.9 Å². The summed E-state index contributed by atoms with van der Waals surface area (Å²) >= 11 is 0. The van der Waals surface area contributed by atoms with Crippen molar-refractivity contribution in [1.29, 1.82) is 0 Å². The van der Waals surface area contributed by atoms with Gasteiger partial charge < -0.3 is 19.5 Å². The zero-order valence-corrected chi connectivity index (χ0v) is 16.8. The standard InChI is InChI=1S/C19H24N2O6S/c1-25-16-6-4-5-14(9-16)13-21-28(23,24)8-7-20-19(22)15-10-17(26-2)12-18(11-15)27-3/h4-6,9-12,21H,7-8,13H2,1-3H3,(H,20,22). The Labute approximate surface area is 164 Å². The highest BCUT2D eigenvalue weighted by Gasteiger charge is 2.13. The summed E-state index contributed by atoms with van der Waals surface area (Å²) in [6, 6.07) is 11.8. The second-order valence-electron chi connectivity index (χ2n) is 5.85. The molecule has 0 fully saturated rings. The molecule has 0 spiro atoms. The lowest BCUT2D eigenvalue weighted by Gasteiger charge is -2.10. The average molecular weight is 408 g/mol. The van der Waals surface area contributed by atoms with Gasteiger partial charge in [0.1, 0.15) is 17.2 Å². The van der Waals surface area contributed by atoms with Crippen LogP contribution in [0.3, 0.4) is 0 Å². The van der Waals surface area contributed by atoms with Crippen molar-refractivity contribution in [3.05, 3.63) is 53.6 Å². The molecule has 0 aliphatic carbocycles. The number of methoxy groups -OCH3 is 3. The van der Waals surface area contributed by atoms with E-state index in [1.54, 1.807) is 49.6 Å². The molecule has 0 saturated heterocycles. The lowest BCUT2D eigenvalue weighted by molar-refractivity contribution is 0.0955. The topological polar surface area (TPSA) is 103 Å². The normalized spacial score (nSPS) is 11.0. The molecule has 9 heteroatoms. The molecule has 0 unspecified atom stereocenters. The van der Waals surface area contributed by atoms with Crippen LogP contribution in [0.4, 0.5) is 0 Å². The van der Waals surface area contributed by atoms with E-state index in [0.717, 1.165) is 5.56 Å². The zero-order valence-electron chi connectivity index (χ0n) is 16.0. The van der Waals surface area contributed by atoms with Crippen molar-refractivity contribution in [1.82, 2.24) is 10.0 Å². The van der Waals surface area contributed by atoms with Gasteiger partial charge in [0.25, 0.3) is 5.91 Å². The van der Waals surface area contributed by atoms with Crippen LogP contribution >= 0.6 is 0 Å². The fourth-order valence-electron chi connectivity index (χ4n) is 2.39. The summed E-state index contributed by atoms with van der Waals surface area (Å²) in [4.78, 5) is 12.3. The molecule has 0 aromatic heterocycles. The van der Waals surface area contributed by atoms with Crippen LogP contribution in [0.1, 0.15) is 15.9 Å². The number of amides is 1. The SMILES string of the molecule is COc1cccc(CNS(=O)(=O)CCNC(=O)c2cc(OC)cc(OC)c2)c1. The van der Waals surface area contributed by atoms with Crippen LogP contribution in [-0.2, 0) is 16.6 Å². The van der Waals surface area contributed by atoms with Crippen molar-refractivity contribution in [2.24, 2.45) is 0 Å². The highest BCUT2D eigenvalue weighted by Crippen LogP contribution is 2.22. The predicted molar refractivity (Wildman–Crippen MR) is 105 cm³/mol. The molecular formula is C19H24N2O6S.